The van der Waals surface area contributed by atoms with Crippen molar-refractivity contribution in [2.24, 2.45) is 0 Å². The molecule has 1 aromatic rings. The average molecular weight is 147 g/mol. The topological polar surface area (TPSA) is 0 Å². The van der Waals surface area contributed by atoms with Crippen LogP contribution in [0.5, 0.6) is 0 Å². The molecule has 0 bridgehead atoms. The molecule has 0 fully saturated rings. The van der Waals surface area contributed by atoms with E-state index in [9.17, 15) is 0 Å². The van der Waals surface area contributed by atoms with E-state index in [0.29, 0.717) is 0 Å². The van der Waals surface area contributed by atoms with Crippen LogP contribution in [0.25, 0.3) is 0 Å². The second-order valence-electron chi connectivity index (χ2n) is 1.57. The van der Waals surface area contributed by atoms with Gasteiger partial charge in [-0.05, 0) is 23.4 Å². The van der Waals surface area contributed by atoms with E-state index in [-0.39, 0.29) is 0 Å². The molecule has 0 aliphatic heterocycles. The Morgan fingerprint density at radius 2 is 2.50 bits per heavy atom. The molecule has 0 radical (unpaired) electrons. The van der Waals surface area contributed by atoms with Crippen molar-refractivity contribution in [3.63, 3.8) is 0 Å². The molecule has 1 rings (SSSR count). The SMILES string of the molecule is CCc1ccsc1Cl. The normalized spacial score (nSPS) is 9.75. The third-order valence-corrected chi connectivity index (χ3v) is 2.33. The predicted molar refractivity (Wildman–Crippen MR) is 38.7 cm³/mol. The van der Waals surface area contributed by atoms with Crippen molar-refractivity contribution in [2.45, 2.75) is 13.3 Å². The molecule has 0 spiro atoms. The van der Waals surface area contributed by atoms with Gasteiger partial charge in [-0.3, -0.25) is 0 Å². The van der Waals surface area contributed by atoms with Crippen molar-refractivity contribution in [1.82, 2.24) is 0 Å². The second kappa shape index (κ2) is 2.51. The third kappa shape index (κ3) is 1.04. The van der Waals surface area contributed by atoms with Crippen LogP contribution in [0.3, 0.4) is 0 Å². The molecule has 0 N–H and O–H groups in total. The zero-order valence-corrected chi connectivity index (χ0v) is 6.22. The lowest BCUT2D eigenvalue weighted by molar-refractivity contribution is 1.16. The zero-order chi connectivity index (χ0) is 5.98. The molecule has 0 aliphatic rings. The summed E-state index contributed by atoms with van der Waals surface area (Å²) < 4.78 is 0.938. The predicted octanol–water partition coefficient (Wildman–Crippen LogP) is 2.96. The maximum absolute atomic E-state index is 5.76. The van der Waals surface area contributed by atoms with Gasteiger partial charge in [-0.1, -0.05) is 18.5 Å². The van der Waals surface area contributed by atoms with Crippen LogP contribution in [0, 0.1) is 0 Å². The smallest absolute Gasteiger partial charge is 0.0960 e. The van der Waals surface area contributed by atoms with Gasteiger partial charge in [-0.25, -0.2) is 0 Å². The molecule has 0 aliphatic carbocycles. The summed E-state index contributed by atoms with van der Waals surface area (Å²) in [7, 11) is 0. The van der Waals surface area contributed by atoms with Gasteiger partial charge in [0.1, 0.15) is 0 Å². The van der Waals surface area contributed by atoms with Crippen LogP contribution in [-0.2, 0) is 6.42 Å². The molecule has 0 saturated carbocycles. The summed E-state index contributed by atoms with van der Waals surface area (Å²) >= 11 is 7.35. The van der Waals surface area contributed by atoms with Crippen LogP contribution in [0.15, 0.2) is 11.4 Å². The standard InChI is InChI=1S/C6H7ClS/c1-2-5-3-4-8-6(5)7/h3-4H,2H2,1H3. The van der Waals surface area contributed by atoms with Crippen LogP contribution in [0.2, 0.25) is 4.34 Å². The minimum absolute atomic E-state index is 0.938. The molecule has 0 atom stereocenters. The maximum Gasteiger partial charge on any atom is 0.0960 e. The summed E-state index contributed by atoms with van der Waals surface area (Å²) in [6, 6.07) is 2.06. The highest BCUT2D eigenvalue weighted by Crippen LogP contribution is 2.22. The molecule has 0 nitrogen and oxygen atoms in total. The highest BCUT2D eigenvalue weighted by atomic mass is 35.5. The number of aryl methyl sites for hydroxylation is 1. The summed E-state index contributed by atoms with van der Waals surface area (Å²) in [5.74, 6) is 0. The van der Waals surface area contributed by atoms with E-state index in [4.69, 9.17) is 11.6 Å². The van der Waals surface area contributed by atoms with Gasteiger partial charge in [0, 0.05) is 0 Å². The van der Waals surface area contributed by atoms with Gasteiger partial charge < -0.3 is 0 Å². The second-order valence-corrected chi connectivity index (χ2v) is 3.09. The van der Waals surface area contributed by atoms with Crippen LogP contribution in [0.4, 0.5) is 0 Å². The average Bonchev–Trinajstić information content (AvgIpc) is 2.14. The summed E-state index contributed by atoms with van der Waals surface area (Å²) in [5, 5.41) is 2.02. The van der Waals surface area contributed by atoms with Crippen LogP contribution < -0.4 is 0 Å². The van der Waals surface area contributed by atoms with E-state index in [1.807, 2.05) is 5.38 Å². The van der Waals surface area contributed by atoms with E-state index in [1.165, 1.54) is 5.56 Å². The largest absolute Gasteiger partial charge is 0.132 e. The fourth-order valence-corrected chi connectivity index (χ4v) is 1.64. The molecular formula is C6H7ClS. The van der Waals surface area contributed by atoms with Crippen molar-refractivity contribution in [3.05, 3.63) is 21.3 Å². The molecule has 0 saturated heterocycles. The van der Waals surface area contributed by atoms with Gasteiger partial charge in [-0.15, -0.1) is 11.3 Å². The fourth-order valence-electron chi connectivity index (χ4n) is 0.574. The summed E-state index contributed by atoms with van der Waals surface area (Å²) in [6.07, 6.45) is 1.04. The maximum atomic E-state index is 5.76. The first-order chi connectivity index (χ1) is 3.84. The molecule has 0 aromatic carbocycles. The number of halogens is 1. The molecule has 44 valence electrons. The molecule has 8 heavy (non-hydrogen) atoms. The van der Waals surface area contributed by atoms with Crippen molar-refractivity contribution >= 4 is 22.9 Å². The molecule has 1 aromatic heterocycles. The van der Waals surface area contributed by atoms with E-state index in [0.717, 1.165) is 10.8 Å². The monoisotopic (exact) mass is 146 g/mol. The number of rotatable bonds is 1. The Morgan fingerprint density at radius 3 is 2.75 bits per heavy atom. The Kier molecular flexibility index (Phi) is 1.92. The van der Waals surface area contributed by atoms with Gasteiger partial charge in [0.2, 0.25) is 0 Å². The quantitative estimate of drug-likeness (QED) is 0.572. The van der Waals surface area contributed by atoms with Crippen LogP contribution in [-0.4, -0.2) is 0 Å². The van der Waals surface area contributed by atoms with Gasteiger partial charge in [-0.2, -0.15) is 0 Å². The van der Waals surface area contributed by atoms with E-state index >= 15 is 0 Å². The van der Waals surface area contributed by atoms with Gasteiger partial charge in [0.15, 0.2) is 0 Å². The molecular weight excluding hydrogens is 140 g/mol. The minimum atomic E-state index is 0.938. The van der Waals surface area contributed by atoms with Crippen molar-refractivity contribution < 1.29 is 0 Å². The summed E-state index contributed by atoms with van der Waals surface area (Å²) in [6.45, 7) is 2.11. The Bertz CT molecular complexity index is 169. The summed E-state index contributed by atoms with van der Waals surface area (Å²) in [4.78, 5) is 0. The van der Waals surface area contributed by atoms with Gasteiger partial charge >= 0.3 is 0 Å². The Hall–Kier alpha value is -0.0100. The summed E-state index contributed by atoms with van der Waals surface area (Å²) in [5.41, 5.74) is 1.26. The zero-order valence-electron chi connectivity index (χ0n) is 4.65. The lowest BCUT2D eigenvalue weighted by Gasteiger charge is -1.85. The third-order valence-electron chi connectivity index (χ3n) is 1.07. The fraction of sp³-hybridized carbons (Fsp3) is 0.333. The van der Waals surface area contributed by atoms with Gasteiger partial charge in [0.05, 0.1) is 4.34 Å². The highest BCUT2D eigenvalue weighted by Gasteiger charge is 1.94. The van der Waals surface area contributed by atoms with Crippen LogP contribution >= 0.6 is 22.9 Å². The molecule has 2 heteroatoms. The lowest BCUT2D eigenvalue weighted by Crippen LogP contribution is -1.70. The Labute approximate surface area is 58.1 Å². The molecule has 1 heterocycles. The molecule has 0 amide bonds. The Morgan fingerprint density at radius 1 is 1.75 bits per heavy atom. The minimum Gasteiger partial charge on any atom is -0.132 e. The first kappa shape index (κ1) is 6.12. The first-order valence-corrected chi connectivity index (χ1v) is 3.82. The Balaban J connectivity index is 2.92. The van der Waals surface area contributed by atoms with Crippen molar-refractivity contribution in [3.8, 4) is 0 Å². The van der Waals surface area contributed by atoms with E-state index in [2.05, 4.69) is 13.0 Å². The number of hydrogen-bond donors (Lipinski definition) is 0. The number of thiophene rings is 1. The van der Waals surface area contributed by atoms with E-state index in [1.54, 1.807) is 11.3 Å². The van der Waals surface area contributed by atoms with Crippen molar-refractivity contribution in [1.29, 1.82) is 0 Å². The van der Waals surface area contributed by atoms with Crippen molar-refractivity contribution in [2.75, 3.05) is 0 Å². The molecule has 0 unspecified atom stereocenters. The lowest BCUT2D eigenvalue weighted by atomic mass is 10.3. The first-order valence-electron chi connectivity index (χ1n) is 2.56. The number of hydrogen-bond acceptors (Lipinski definition) is 1. The van der Waals surface area contributed by atoms with Gasteiger partial charge in [0.25, 0.3) is 0 Å². The van der Waals surface area contributed by atoms with E-state index < -0.39 is 0 Å². The van der Waals surface area contributed by atoms with Crippen LogP contribution in [0.1, 0.15) is 12.5 Å². The highest BCUT2D eigenvalue weighted by molar-refractivity contribution is 7.14.